The van der Waals surface area contributed by atoms with Crippen LogP contribution in [0.1, 0.15) is 49.8 Å². The van der Waals surface area contributed by atoms with Gasteiger partial charge in [-0.3, -0.25) is 0 Å². The van der Waals surface area contributed by atoms with Crippen molar-refractivity contribution in [2.75, 3.05) is 7.05 Å². The zero-order valence-corrected chi connectivity index (χ0v) is 13.1. The summed E-state index contributed by atoms with van der Waals surface area (Å²) in [5, 5.41) is 3.58. The molecular formula is C16H27NS. The molecule has 18 heavy (non-hydrogen) atoms. The van der Waals surface area contributed by atoms with E-state index in [2.05, 4.69) is 45.3 Å². The number of hydrogen-bond donors (Lipinski definition) is 1. The molecule has 0 bridgehead atoms. The molecule has 2 heteroatoms. The second kappa shape index (κ2) is 5.75. The van der Waals surface area contributed by atoms with Crippen molar-refractivity contribution >= 4 is 11.3 Å². The Morgan fingerprint density at radius 2 is 2.11 bits per heavy atom. The quantitative estimate of drug-likeness (QED) is 0.838. The average molecular weight is 265 g/mol. The van der Waals surface area contributed by atoms with E-state index in [-0.39, 0.29) is 0 Å². The minimum absolute atomic E-state index is 0.512. The van der Waals surface area contributed by atoms with Crippen molar-refractivity contribution in [1.82, 2.24) is 5.32 Å². The first-order valence-corrected chi connectivity index (χ1v) is 8.13. The van der Waals surface area contributed by atoms with Crippen LogP contribution in [0.5, 0.6) is 0 Å². The maximum atomic E-state index is 3.58. The topological polar surface area (TPSA) is 12.0 Å². The van der Waals surface area contributed by atoms with Gasteiger partial charge in [0.15, 0.2) is 0 Å². The predicted molar refractivity (Wildman–Crippen MR) is 81.4 cm³/mol. The summed E-state index contributed by atoms with van der Waals surface area (Å²) in [7, 11) is 2.13. The molecule has 1 nitrogen and oxygen atoms in total. The molecule has 0 aromatic carbocycles. The van der Waals surface area contributed by atoms with Crippen molar-refractivity contribution in [1.29, 1.82) is 0 Å². The van der Waals surface area contributed by atoms with Crippen molar-refractivity contribution < 1.29 is 0 Å². The van der Waals surface area contributed by atoms with Crippen LogP contribution in [0.4, 0.5) is 0 Å². The van der Waals surface area contributed by atoms with Crippen LogP contribution in [-0.2, 0) is 12.8 Å². The average Bonchev–Trinajstić information content (AvgIpc) is 2.92. The highest BCUT2D eigenvalue weighted by atomic mass is 32.1. The van der Waals surface area contributed by atoms with Gasteiger partial charge in [0, 0.05) is 15.8 Å². The van der Waals surface area contributed by atoms with Crippen molar-refractivity contribution in [3.8, 4) is 0 Å². The van der Waals surface area contributed by atoms with Gasteiger partial charge in [-0.2, -0.15) is 0 Å². The van der Waals surface area contributed by atoms with E-state index in [4.69, 9.17) is 0 Å². The van der Waals surface area contributed by atoms with E-state index in [1.165, 1.54) is 37.0 Å². The summed E-state index contributed by atoms with van der Waals surface area (Å²) in [4.78, 5) is 3.07. The summed E-state index contributed by atoms with van der Waals surface area (Å²) in [6, 6.07) is 5.27. The summed E-state index contributed by atoms with van der Waals surface area (Å²) in [5.41, 5.74) is 0.512. The molecule has 1 saturated carbocycles. The first-order valence-electron chi connectivity index (χ1n) is 7.31. The largest absolute Gasteiger partial charge is 0.316 e. The van der Waals surface area contributed by atoms with Gasteiger partial charge in [-0.15, -0.1) is 11.3 Å². The van der Waals surface area contributed by atoms with Crippen LogP contribution in [0.3, 0.4) is 0 Å². The monoisotopic (exact) mass is 265 g/mol. The third-order valence-electron chi connectivity index (χ3n) is 4.68. The Labute approximate surface area is 116 Å². The van der Waals surface area contributed by atoms with E-state index in [1.807, 2.05) is 11.3 Å². The molecule has 1 N–H and O–H groups in total. The van der Waals surface area contributed by atoms with Crippen LogP contribution >= 0.6 is 11.3 Å². The summed E-state index contributed by atoms with van der Waals surface area (Å²) < 4.78 is 0. The van der Waals surface area contributed by atoms with Crippen LogP contribution in [0, 0.1) is 11.3 Å². The molecule has 1 aromatic rings. The van der Waals surface area contributed by atoms with Gasteiger partial charge >= 0.3 is 0 Å². The lowest BCUT2D eigenvalue weighted by atomic mass is 9.76. The molecule has 2 unspecified atom stereocenters. The first kappa shape index (κ1) is 14.1. The third-order valence-corrected chi connectivity index (χ3v) is 5.94. The highest BCUT2D eigenvalue weighted by Gasteiger charge is 2.38. The lowest BCUT2D eigenvalue weighted by Crippen LogP contribution is -2.40. The number of rotatable bonds is 5. The Morgan fingerprint density at radius 3 is 2.61 bits per heavy atom. The predicted octanol–water partition coefficient (Wildman–Crippen LogP) is 4.27. The Bertz CT molecular complexity index is 380. The van der Waals surface area contributed by atoms with Gasteiger partial charge in [-0.1, -0.05) is 27.2 Å². The van der Waals surface area contributed by atoms with Crippen molar-refractivity contribution in [2.24, 2.45) is 11.3 Å². The fraction of sp³-hybridized carbons (Fsp3) is 0.750. The Kier molecular flexibility index (Phi) is 4.50. The zero-order valence-electron chi connectivity index (χ0n) is 12.3. The van der Waals surface area contributed by atoms with Crippen LogP contribution in [0.15, 0.2) is 12.1 Å². The molecule has 102 valence electrons. The van der Waals surface area contributed by atoms with Crippen molar-refractivity contribution in [2.45, 2.75) is 58.9 Å². The molecule has 1 fully saturated rings. The SMILES string of the molecule is CCc1ccc(CC(NC)C2CCCC2(C)C)s1. The number of thiophene rings is 1. The minimum Gasteiger partial charge on any atom is -0.316 e. The van der Waals surface area contributed by atoms with E-state index in [0.717, 1.165) is 5.92 Å². The first-order chi connectivity index (χ1) is 8.56. The number of hydrogen-bond acceptors (Lipinski definition) is 2. The Balaban J connectivity index is 2.05. The van der Waals surface area contributed by atoms with Gasteiger partial charge in [-0.05, 0) is 56.2 Å². The molecule has 1 heterocycles. The molecule has 0 spiro atoms. The fourth-order valence-electron chi connectivity index (χ4n) is 3.48. The van der Waals surface area contributed by atoms with Crippen molar-refractivity contribution in [3.05, 3.63) is 21.9 Å². The Hall–Kier alpha value is -0.340. The van der Waals surface area contributed by atoms with Gasteiger partial charge in [0.05, 0.1) is 0 Å². The lowest BCUT2D eigenvalue weighted by Gasteiger charge is -2.34. The van der Waals surface area contributed by atoms with E-state index in [0.29, 0.717) is 11.5 Å². The lowest BCUT2D eigenvalue weighted by molar-refractivity contribution is 0.202. The summed E-state index contributed by atoms with van der Waals surface area (Å²) in [6.45, 7) is 7.13. The van der Waals surface area contributed by atoms with E-state index in [1.54, 1.807) is 4.88 Å². The molecule has 2 rings (SSSR count). The molecule has 0 saturated heterocycles. The van der Waals surface area contributed by atoms with Crippen LogP contribution in [-0.4, -0.2) is 13.1 Å². The molecule has 1 aliphatic rings. The molecule has 1 aliphatic carbocycles. The number of aryl methyl sites for hydroxylation is 1. The molecule has 0 amide bonds. The zero-order chi connectivity index (χ0) is 13.2. The van der Waals surface area contributed by atoms with Gasteiger partial charge in [0.1, 0.15) is 0 Å². The summed E-state index contributed by atoms with van der Waals surface area (Å²) in [6.07, 6.45) is 6.56. The Morgan fingerprint density at radius 1 is 1.39 bits per heavy atom. The van der Waals surface area contributed by atoms with E-state index >= 15 is 0 Å². The number of likely N-dealkylation sites (N-methyl/N-ethyl adjacent to an activating group) is 1. The highest BCUT2D eigenvalue weighted by molar-refractivity contribution is 7.11. The molecule has 0 radical (unpaired) electrons. The molecule has 0 aliphatic heterocycles. The second-order valence-electron chi connectivity index (χ2n) is 6.31. The maximum absolute atomic E-state index is 3.58. The van der Waals surface area contributed by atoms with Gasteiger partial charge < -0.3 is 5.32 Å². The highest BCUT2D eigenvalue weighted by Crippen LogP contribution is 2.45. The minimum atomic E-state index is 0.512. The molecule has 2 atom stereocenters. The maximum Gasteiger partial charge on any atom is 0.0146 e. The summed E-state index contributed by atoms with van der Waals surface area (Å²) in [5.74, 6) is 0.828. The van der Waals surface area contributed by atoms with Crippen LogP contribution < -0.4 is 5.32 Å². The van der Waals surface area contributed by atoms with Crippen LogP contribution in [0.2, 0.25) is 0 Å². The smallest absolute Gasteiger partial charge is 0.0146 e. The van der Waals surface area contributed by atoms with Crippen LogP contribution in [0.25, 0.3) is 0 Å². The normalized spacial score (nSPS) is 24.3. The molecular weight excluding hydrogens is 238 g/mol. The van der Waals surface area contributed by atoms with Gasteiger partial charge in [0.2, 0.25) is 0 Å². The summed E-state index contributed by atoms with van der Waals surface area (Å²) >= 11 is 2.00. The number of nitrogens with one attached hydrogen (secondary N) is 1. The third kappa shape index (κ3) is 2.97. The fourth-order valence-corrected chi connectivity index (χ4v) is 4.50. The van der Waals surface area contributed by atoms with Gasteiger partial charge in [-0.25, -0.2) is 0 Å². The van der Waals surface area contributed by atoms with Gasteiger partial charge in [0.25, 0.3) is 0 Å². The van der Waals surface area contributed by atoms with E-state index < -0.39 is 0 Å². The van der Waals surface area contributed by atoms with E-state index in [9.17, 15) is 0 Å². The van der Waals surface area contributed by atoms with Crippen molar-refractivity contribution in [3.63, 3.8) is 0 Å². The molecule has 1 aromatic heterocycles. The standard InChI is InChI=1S/C16H27NS/c1-5-12-8-9-13(18-12)11-15(17-4)14-7-6-10-16(14,2)3/h8-9,14-15,17H,5-7,10-11H2,1-4H3. The second-order valence-corrected chi connectivity index (χ2v) is 7.56.